The summed E-state index contributed by atoms with van der Waals surface area (Å²) in [6, 6.07) is 2.64. The molecule has 0 saturated heterocycles. The van der Waals surface area contributed by atoms with Crippen LogP contribution in [-0.2, 0) is 9.53 Å². The third-order valence-electron chi connectivity index (χ3n) is 8.70. The highest BCUT2D eigenvalue weighted by Gasteiger charge is 2.51. The van der Waals surface area contributed by atoms with Crippen LogP contribution in [0.25, 0.3) is 0 Å². The Hall–Kier alpha value is -1.04. The van der Waals surface area contributed by atoms with Crippen molar-refractivity contribution in [3.63, 3.8) is 0 Å². The highest BCUT2D eigenvalue weighted by molar-refractivity contribution is 5.73. The van der Waals surface area contributed by atoms with Gasteiger partial charge in [-0.05, 0) is 82.5 Å². The number of fused-ring (bicyclic) bond motifs is 3. The van der Waals surface area contributed by atoms with E-state index in [2.05, 4.69) is 19.9 Å². The van der Waals surface area contributed by atoms with Gasteiger partial charge < -0.3 is 4.74 Å². The summed E-state index contributed by atoms with van der Waals surface area (Å²) in [4.78, 5) is 13.0. The number of hydrogen-bond acceptors (Lipinski definition) is 3. The lowest BCUT2D eigenvalue weighted by atomic mass is 9.57. The largest absolute Gasteiger partial charge is 0.459 e. The van der Waals surface area contributed by atoms with E-state index in [1.54, 1.807) is 0 Å². The van der Waals surface area contributed by atoms with Crippen molar-refractivity contribution in [3.05, 3.63) is 0 Å². The zero-order valence-electron chi connectivity index (χ0n) is 19.1. The first-order valence-electron chi connectivity index (χ1n) is 12.6. The number of carbonyl (C=O) groups excluding carboxylic acids is 1. The van der Waals surface area contributed by atoms with Gasteiger partial charge in [-0.25, -0.2) is 0 Å². The third-order valence-corrected chi connectivity index (χ3v) is 8.70. The molecule has 0 heterocycles. The highest BCUT2D eigenvalue weighted by atomic mass is 16.6. The fraction of sp³-hybridized carbons (Fsp3) is 0.923. The molecule has 0 aromatic rings. The van der Waals surface area contributed by atoms with Crippen molar-refractivity contribution in [2.45, 2.75) is 135 Å². The third kappa shape index (κ3) is 5.36. The molecule has 0 amide bonds. The average Bonchev–Trinajstić information content (AvgIpc) is 2.75. The zero-order valence-corrected chi connectivity index (χ0v) is 19.1. The predicted molar refractivity (Wildman–Crippen MR) is 117 cm³/mol. The molecule has 3 heteroatoms. The molecule has 29 heavy (non-hydrogen) atoms. The summed E-state index contributed by atoms with van der Waals surface area (Å²) >= 11 is 0. The number of esters is 1. The first-order valence-corrected chi connectivity index (χ1v) is 12.6. The van der Waals surface area contributed by atoms with Crippen LogP contribution in [0.4, 0.5) is 0 Å². The molecule has 4 saturated carbocycles. The molecule has 4 fully saturated rings. The smallest absolute Gasteiger partial charge is 0.309 e. The lowest BCUT2D eigenvalue weighted by Crippen LogP contribution is -2.49. The minimum atomic E-state index is -0.184. The van der Waals surface area contributed by atoms with Gasteiger partial charge in [-0.15, -0.1) is 0 Å². The van der Waals surface area contributed by atoms with Crippen LogP contribution in [0.1, 0.15) is 129 Å². The summed E-state index contributed by atoms with van der Waals surface area (Å²) in [5, 5.41) is 9.82. The van der Waals surface area contributed by atoms with Crippen LogP contribution in [-0.4, -0.2) is 11.6 Å². The molecule has 0 N–H and O–H groups in total. The van der Waals surface area contributed by atoms with Gasteiger partial charge >= 0.3 is 5.97 Å². The molecule has 164 valence electrons. The maximum absolute atomic E-state index is 13.0. The lowest BCUT2D eigenvalue weighted by molar-refractivity contribution is -0.184. The number of carbonyl (C=O) groups is 1. The van der Waals surface area contributed by atoms with Gasteiger partial charge in [0.1, 0.15) is 5.60 Å². The SMILES string of the molecule is CCCCCCCC1(C#N)CCC(C(=O)OC23CCC(CCC)(CC2)CC3)CC1. The highest BCUT2D eigenvalue weighted by Crippen LogP contribution is 2.56. The summed E-state index contributed by atoms with van der Waals surface area (Å²) < 4.78 is 6.23. The maximum Gasteiger partial charge on any atom is 0.309 e. The molecule has 4 aliphatic rings. The van der Waals surface area contributed by atoms with E-state index < -0.39 is 0 Å². The van der Waals surface area contributed by atoms with Crippen molar-refractivity contribution < 1.29 is 9.53 Å². The first-order chi connectivity index (χ1) is 14.0. The molecule has 2 bridgehead atoms. The topological polar surface area (TPSA) is 50.1 Å². The second-order valence-corrected chi connectivity index (χ2v) is 10.7. The van der Waals surface area contributed by atoms with Crippen molar-refractivity contribution in [2.75, 3.05) is 0 Å². The van der Waals surface area contributed by atoms with Crippen molar-refractivity contribution in [2.24, 2.45) is 16.7 Å². The van der Waals surface area contributed by atoms with Crippen LogP contribution < -0.4 is 0 Å². The second-order valence-electron chi connectivity index (χ2n) is 10.7. The number of ether oxygens (including phenoxy) is 1. The Morgan fingerprint density at radius 3 is 2.03 bits per heavy atom. The molecule has 4 aliphatic carbocycles. The monoisotopic (exact) mass is 401 g/mol. The van der Waals surface area contributed by atoms with E-state index >= 15 is 0 Å². The van der Waals surface area contributed by atoms with Gasteiger partial charge in [0.15, 0.2) is 0 Å². The molecule has 0 atom stereocenters. The first kappa shape index (κ1) is 22.6. The molecular formula is C26H43NO2. The molecule has 4 rings (SSSR count). The van der Waals surface area contributed by atoms with Crippen LogP contribution in [0.3, 0.4) is 0 Å². The Labute approximate surface area is 179 Å². The van der Waals surface area contributed by atoms with Crippen LogP contribution in [0.2, 0.25) is 0 Å². The van der Waals surface area contributed by atoms with Gasteiger partial charge in [-0.2, -0.15) is 5.26 Å². The zero-order chi connectivity index (χ0) is 20.8. The molecule has 0 aliphatic heterocycles. The van der Waals surface area contributed by atoms with E-state index in [1.807, 2.05) is 0 Å². The quantitative estimate of drug-likeness (QED) is 0.281. The predicted octanol–water partition coefficient (Wildman–Crippen LogP) is 7.48. The number of nitriles is 1. The number of rotatable bonds is 10. The molecule has 0 aromatic heterocycles. The molecule has 3 nitrogen and oxygen atoms in total. The Morgan fingerprint density at radius 1 is 0.862 bits per heavy atom. The van der Waals surface area contributed by atoms with Crippen LogP contribution in [0.5, 0.6) is 0 Å². The number of nitrogens with zero attached hydrogens (tertiary/aromatic N) is 1. The van der Waals surface area contributed by atoms with Gasteiger partial charge in [0.25, 0.3) is 0 Å². The van der Waals surface area contributed by atoms with E-state index in [0.717, 1.165) is 57.8 Å². The number of unbranched alkanes of at least 4 members (excludes halogenated alkanes) is 4. The number of hydrogen-bond donors (Lipinski definition) is 0. The molecular weight excluding hydrogens is 358 g/mol. The van der Waals surface area contributed by atoms with E-state index in [4.69, 9.17) is 4.74 Å². The van der Waals surface area contributed by atoms with Gasteiger partial charge in [-0.3, -0.25) is 4.79 Å². The summed E-state index contributed by atoms with van der Waals surface area (Å²) in [6.45, 7) is 4.53. The summed E-state index contributed by atoms with van der Waals surface area (Å²) in [5.74, 6) is 0.0690. The van der Waals surface area contributed by atoms with Crippen LogP contribution in [0.15, 0.2) is 0 Å². The van der Waals surface area contributed by atoms with Crippen LogP contribution >= 0.6 is 0 Å². The van der Waals surface area contributed by atoms with Gasteiger partial charge in [0, 0.05) is 0 Å². The minimum Gasteiger partial charge on any atom is -0.459 e. The minimum absolute atomic E-state index is 0.0233. The lowest BCUT2D eigenvalue weighted by Gasteiger charge is -2.53. The maximum atomic E-state index is 13.0. The summed E-state index contributed by atoms with van der Waals surface area (Å²) in [5.41, 5.74) is 0.212. The summed E-state index contributed by atoms with van der Waals surface area (Å²) in [7, 11) is 0. The molecule has 0 unspecified atom stereocenters. The Morgan fingerprint density at radius 2 is 1.48 bits per heavy atom. The Bertz CT molecular complexity index is 557. The molecule has 0 aromatic carbocycles. The Balaban J connectivity index is 1.45. The fourth-order valence-corrected chi connectivity index (χ4v) is 6.47. The normalized spacial score (nSPS) is 36.5. The van der Waals surface area contributed by atoms with Gasteiger partial charge in [0.2, 0.25) is 0 Å². The standard InChI is InChI=1S/C26H43NO2/c1-3-5-6-7-8-12-25(21-27)13-9-22(10-14-25)23(28)29-26-18-15-24(11-4-2,16-19-26)17-20-26/h22H,3-20H2,1-2H3. The van der Waals surface area contributed by atoms with Crippen molar-refractivity contribution in [1.82, 2.24) is 0 Å². The molecule has 0 radical (unpaired) electrons. The van der Waals surface area contributed by atoms with E-state index in [-0.39, 0.29) is 22.9 Å². The second kappa shape index (κ2) is 9.84. The van der Waals surface area contributed by atoms with Gasteiger partial charge in [-0.1, -0.05) is 52.4 Å². The van der Waals surface area contributed by atoms with E-state index in [1.165, 1.54) is 57.8 Å². The summed E-state index contributed by atoms with van der Waals surface area (Å²) in [6.07, 6.45) is 20.3. The van der Waals surface area contributed by atoms with E-state index in [9.17, 15) is 10.1 Å². The van der Waals surface area contributed by atoms with Crippen molar-refractivity contribution in [1.29, 1.82) is 5.26 Å². The Kier molecular flexibility index (Phi) is 7.69. The fourth-order valence-electron chi connectivity index (χ4n) is 6.47. The van der Waals surface area contributed by atoms with E-state index in [0.29, 0.717) is 5.41 Å². The van der Waals surface area contributed by atoms with Crippen molar-refractivity contribution in [3.8, 4) is 6.07 Å². The van der Waals surface area contributed by atoms with Gasteiger partial charge in [0.05, 0.1) is 17.4 Å². The molecule has 0 spiro atoms. The average molecular weight is 402 g/mol. The van der Waals surface area contributed by atoms with Crippen molar-refractivity contribution >= 4 is 5.97 Å². The van der Waals surface area contributed by atoms with Crippen LogP contribution in [0, 0.1) is 28.1 Å².